The maximum absolute atomic E-state index is 4.16. The molecule has 0 saturated carbocycles. The Labute approximate surface area is 358 Å². The summed E-state index contributed by atoms with van der Waals surface area (Å²) in [5, 5.41) is 9.46. The fourth-order valence-corrected chi connectivity index (χ4v) is 12.5. The first-order valence-electron chi connectivity index (χ1n) is 21.8. The Morgan fingerprint density at radius 3 is 2.15 bits per heavy atom. The second-order valence-electron chi connectivity index (χ2n) is 19.2. The molecule has 8 aromatic carbocycles. The molecule has 1 nitrogen and oxygen atoms in total. The van der Waals surface area contributed by atoms with E-state index in [4.69, 9.17) is 0 Å². The van der Waals surface area contributed by atoms with Crippen LogP contribution in [-0.2, 0) is 17.3 Å². The largest absolute Gasteiger partial charge is 0.355 e. The first-order chi connectivity index (χ1) is 29.1. The second kappa shape index (κ2) is 13.1. The van der Waals surface area contributed by atoms with Gasteiger partial charge in [0.25, 0.3) is 0 Å². The van der Waals surface area contributed by atoms with Crippen molar-refractivity contribution in [2.75, 3.05) is 5.32 Å². The van der Waals surface area contributed by atoms with Crippen LogP contribution in [0.3, 0.4) is 0 Å². The first kappa shape index (κ1) is 36.0. The molecule has 1 aliphatic heterocycles. The van der Waals surface area contributed by atoms with Crippen molar-refractivity contribution in [2.45, 2.75) is 70.6 Å². The lowest BCUT2D eigenvalue weighted by atomic mass is 9.50. The highest BCUT2D eigenvalue weighted by molar-refractivity contribution is 7.26. The molecule has 0 radical (unpaired) electrons. The van der Waals surface area contributed by atoms with Gasteiger partial charge >= 0.3 is 0 Å². The molecule has 0 bridgehead atoms. The van der Waals surface area contributed by atoms with Gasteiger partial charge in [0.2, 0.25) is 0 Å². The first-order valence-corrected chi connectivity index (χ1v) is 22.7. The van der Waals surface area contributed by atoms with E-state index in [9.17, 15) is 0 Å². The molecule has 0 saturated heterocycles. The fourth-order valence-electron chi connectivity index (χ4n) is 11.3. The zero-order valence-electron chi connectivity index (χ0n) is 35.2. The SMILES string of the molecule is Cc1cc2c(cc1Nc1ccc3c(sc4ccccc43)c1-c1cc(-c3ccccc3)cc3c1Bc1cccc4c1C3Cc1cc3ccccc3cc1-4)C(C)(C)CCC2(C)C. The van der Waals surface area contributed by atoms with Gasteiger partial charge in [0, 0.05) is 43.0 Å². The van der Waals surface area contributed by atoms with Gasteiger partial charge in [-0.1, -0.05) is 154 Å². The fraction of sp³-hybridized carbons (Fsp3) is 0.193. The van der Waals surface area contributed by atoms with Crippen LogP contribution in [0, 0.1) is 6.92 Å². The molecule has 0 amide bonds. The minimum absolute atomic E-state index is 0.119. The monoisotopic (exact) mass is 789 g/mol. The predicted octanol–water partition coefficient (Wildman–Crippen LogP) is 14.0. The van der Waals surface area contributed by atoms with E-state index in [1.54, 1.807) is 0 Å². The Morgan fingerprint density at radius 2 is 1.33 bits per heavy atom. The van der Waals surface area contributed by atoms with Crippen LogP contribution in [-0.4, -0.2) is 7.28 Å². The number of hydrogen-bond donors (Lipinski definition) is 1. The van der Waals surface area contributed by atoms with Crippen LogP contribution in [0.1, 0.15) is 79.8 Å². The third-order valence-corrected chi connectivity index (χ3v) is 15.9. The average Bonchev–Trinajstić information content (AvgIpc) is 3.64. The highest BCUT2D eigenvalue weighted by Gasteiger charge is 2.38. The molecule has 3 heteroatoms. The van der Waals surface area contributed by atoms with Crippen LogP contribution in [0.2, 0.25) is 0 Å². The minimum atomic E-state index is 0.119. The quantitative estimate of drug-likeness (QED) is 0.175. The van der Waals surface area contributed by atoms with Crippen LogP contribution < -0.4 is 16.2 Å². The number of thiophene rings is 1. The third kappa shape index (κ3) is 5.44. The van der Waals surface area contributed by atoms with Crippen LogP contribution in [0.25, 0.3) is 64.3 Å². The lowest BCUT2D eigenvalue weighted by molar-refractivity contribution is 0.332. The second-order valence-corrected chi connectivity index (χ2v) is 20.2. The maximum atomic E-state index is 4.16. The smallest absolute Gasteiger partial charge is 0.193 e. The van der Waals surface area contributed by atoms with Gasteiger partial charge in [-0.15, -0.1) is 11.3 Å². The molecule has 1 atom stereocenters. The summed E-state index contributed by atoms with van der Waals surface area (Å²) in [4.78, 5) is 0. The normalized spacial score (nSPS) is 16.8. The van der Waals surface area contributed by atoms with Crippen LogP contribution in [0.5, 0.6) is 0 Å². The Kier molecular flexibility index (Phi) is 7.83. The minimum Gasteiger partial charge on any atom is -0.355 e. The van der Waals surface area contributed by atoms with Crippen molar-refractivity contribution in [1.82, 2.24) is 0 Å². The van der Waals surface area contributed by atoms with E-state index in [2.05, 4.69) is 186 Å². The van der Waals surface area contributed by atoms with Crippen molar-refractivity contribution in [3.05, 3.63) is 179 Å². The Hall–Kier alpha value is -5.90. The zero-order valence-corrected chi connectivity index (χ0v) is 36.0. The average molecular weight is 790 g/mol. The van der Waals surface area contributed by atoms with Gasteiger partial charge in [-0.3, -0.25) is 0 Å². The highest BCUT2D eigenvalue weighted by Crippen LogP contribution is 2.51. The number of rotatable bonds is 4. The van der Waals surface area contributed by atoms with Gasteiger partial charge in [-0.05, 0) is 139 Å². The lowest BCUT2D eigenvalue weighted by Gasteiger charge is -2.42. The summed E-state index contributed by atoms with van der Waals surface area (Å²) in [5.74, 6) is 0.266. The van der Waals surface area contributed by atoms with Gasteiger partial charge in [0.15, 0.2) is 7.28 Å². The summed E-state index contributed by atoms with van der Waals surface area (Å²) >= 11 is 1.94. The van der Waals surface area contributed by atoms with Crippen molar-refractivity contribution < 1.29 is 0 Å². The molecular formula is C57H48BNS. The van der Waals surface area contributed by atoms with E-state index < -0.39 is 0 Å². The van der Waals surface area contributed by atoms with E-state index in [1.165, 1.54) is 133 Å². The maximum Gasteiger partial charge on any atom is 0.193 e. The molecule has 2 heterocycles. The van der Waals surface area contributed by atoms with Gasteiger partial charge in [-0.25, -0.2) is 0 Å². The van der Waals surface area contributed by atoms with E-state index in [0.29, 0.717) is 0 Å². The third-order valence-electron chi connectivity index (χ3n) is 14.6. The van der Waals surface area contributed by atoms with E-state index in [1.807, 2.05) is 11.3 Å². The molecule has 1 aromatic heterocycles. The Bertz CT molecular complexity index is 3260. The van der Waals surface area contributed by atoms with E-state index in [-0.39, 0.29) is 16.7 Å². The van der Waals surface area contributed by atoms with Gasteiger partial charge in [0.05, 0.1) is 0 Å². The summed E-state index contributed by atoms with van der Waals surface area (Å²) in [7, 11) is 0.907. The van der Waals surface area contributed by atoms with Crippen LogP contribution >= 0.6 is 11.3 Å². The molecule has 290 valence electrons. The molecule has 0 spiro atoms. The molecule has 9 aromatic rings. The van der Waals surface area contributed by atoms with Crippen molar-refractivity contribution in [2.24, 2.45) is 0 Å². The number of nitrogens with one attached hydrogen (secondary N) is 1. The van der Waals surface area contributed by atoms with Crippen LogP contribution in [0.15, 0.2) is 146 Å². The molecule has 2 aliphatic carbocycles. The highest BCUT2D eigenvalue weighted by atomic mass is 32.1. The summed E-state index contributed by atoms with van der Waals surface area (Å²) in [6.45, 7) is 12.0. The lowest BCUT2D eigenvalue weighted by Crippen LogP contribution is -2.42. The number of aryl methyl sites for hydroxylation is 1. The van der Waals surface area contributed by atoms with E-state index >= 15 is 0 Å². The number of hydrogen-bond acceptors (Lipinski definition) is 2. The number of benzene rings is 8. The van der Waals surface area contributed by atoms with E-state index in [0.717, 1.165) is 13.7 Å². The van der Waals surface area contributed by atoms with Crippen molar-refractivity contribution >= 4 is 71.9 Å². The number of anilines is 2. The van der Waals surface area contributed by atoms with Crippen molar-refractivity contribution in [3.63, 3.8) is 0 Å². The molecule has 1 N–H and O–H groups in total. The molecule has 0 fully saturated rings. The Balaban J connectivity index is 1.12. The summed E-state index contributed by atoms with van der Waals surface area (Å²) < 4.78 is 2.68. The molecular weight excluding hydrogens is 742 g/mol. The molecule has 60 heavy (non-hydrogen) atoms. The van der Waals surface area contributed by atoms with Gasteiger partial charge in [0.1, 0.15) is 0 Å². The van der Waals surface area contributed by atoms with Gasteiger partial charge < -0.3 is 5.32 Å². The summed E-state index contributed by atoms with van der Waals surface area (Å²) in [6.07, 6.45) is 3.40. The molecule has 1 unspecified atom stereocenters. The zero-order chi connectivity index (χ0) is 40.5. The van der Waals surface area contributed by atoms with Gasteiger partial charge in [-0.2, -0.15) is 0 Å². The van der Waals surface area contributed by atoms with Crippen molar-refractivity contribution in [1.29, 1.82) is 0 Å². The van der Waals surface area contributed by atoms with Crippen LogP contribution in [0.4, 0.5) is 11.4 Å². The standard InChI is InChI=1S/C57H48BNS/c1-33-26-46-47(57(4,5)25-24-56(46,2)3)32-50(33)59-49-23-22-41-39-18-11-12-21-51(39)60-55(41)53(49)45-30-37(34-14-7-6-8-15-34)29-44-43-31-38-27-35-16-9-10-17-36(35)28-42(38)40-19-13-20-48(52(40)43)58-54(44)45/h6-23,26-30,32,43,58-59H,24-25,31H2,1-5H3. The summed E-state index contributed by atoms with van der Waals surface area (Å²) in [6, 6.07) is 55.8. The topological polar surface area (TPSA) is 12.0 Å². The number of fused-ring (bicyclic) bond motifs is 9. The van der Waals surface area contributed by atoms with Crippen molar-refractivity contribution in [3.8, 4) is 33.4 Å². The summed E-state index contributed by atoms with van der Waals surface area (Å²) in [5.41, 5.74) is 22.4. The predicted molar refractivity (Wildman–Crippen MR) is 261 cm³/mol. The molecule has 12 rings (SSSR count). The Morgan fingerprint density at radius 1 is 0.600 bits per heavy atom. The molecule has 3 aliphatic rings.